The van der Waals surface area contributed by atoms with Crippen molar-refractivity contribution in [3.63, 3.8) is 0 Å². The van der Waals surface area contributed by atoms with Crippen LogP contribution in [-0.4, -0.2) is 68.4 Å². The van der Waals surface area contributed by atoms with Gasteiger partial charge in [-0.25, -0.2) is 12.7 Å². The number of benzene rings is 1. The first-order valence-electron chi connectivity index (χ1n) is 9.81. The summed E-state index contributed by atoms with van der Waals surface area (Å²) in [6.07, 6.45) is 3.57. The predicted molar refractivity (Wildman–Crippen MR) is 105 cm³/mol. The lowest BCUT2D eigenvalue weighted by molar-refractivity contribution is -0.138. The molecule has 0 radical (unpaired) electrons. The van der Waals surface area contributed by atoms with Crippen LogP contribution in [0.5, 0.6) is 0 Å². The van der Waals surface area contributed by atoms with Gasteiger partial charge in [-0.1, -0.05) is 30.3 Å². The van der Waals surface area contributed by atoms with Gasteiger partial charge in [0.15, 0.2) is 0 Å². The molecule has 1 N–H and O–H groups in total. The zero-order chi connectivity index (χ0) is 20.0. The van der Waals surface area contributed by atoms with E-state index in [-0.39, 0.29) is 23.8 Å². The monoisotopic (exact) mass is 405 g/mol. The first kappa shape index (κ1) is 19.4. The molecule has 0 saturated carbocycles. The van der Waals surface area contributed by atoms with Crippen molar-refractivity contribution in [2.45, 2.75) is 25.7 Å². The number of rotatable bonds is 3. The van der Waals surface area contributed by atoms with E-state index in [2.05, 4.69) is 5.32 Å². The fourth-order valence-electron chi connectivity index (χ4n) is 5.28. The van der Waals surface area contributed by atoms with Crippen molar-refractivity contribution in [1.82, 2.24) is 14.5 Å². The van der Waals surface area contributed by atoms with Crippen molar-refractivity contribution in [3.05, 3.63) is 35.9 Å². The van der Waals surface area contributed by atoms with Crippen molar-refractivity contribution < 1.29 is 18.0 Å². The summed E-state index contributed by atoms with van der Waals surface area (Å²) in [7, 11) is -3.36. The molecule has 4 rings (SSSR count). The van der Waals surface area contributed by atoms with Gasteiger partial charge in [-0.15, -0.1) is 0 Å². The number of amides is 2. The molecule has 3 saturated heterocycles. The standard InChI is InChI=1S/C20H27N3O4S/c1-28(26,27)23-14-19(20(15-23)7-10-21-18(20)25)8-11-22(12-9-19)17(24)13-16-5-3-2-4-6-16/h2-6H,7-15H2,1H3,(H,21,25). The molecule has 3 fully saturated rings. The lowest BCUT2D eigenvalue weighted by Crippen LogP contribution is -2.53. The zero-order valence-electron chi connectivity index (χ0n) is 16.2. The van der Waals surface area contributed by atoms with E-state index in [4.69, 9.17) is 0 Å². The van der Waals surface area contributed by atoms with Crippen LogP contribution in [0.1, 0.15) is 24.8 Å². The predicted octanol–water partition coefficient (Wildman–Crippen LogP) is 0.619. The van der Waals surface area contributed by atoms with Gasteiger partial charge in [0.05, 0.1) is 18.1 Å². The number of fused-ring (bicyclic) bond motifs is 1. The van der Waals surface area contributed by atoms with Gasteiger partial charge >= 0.3 is 0 Å². The molecule has 0 bridgehead atoms. The number of sulfonamides is 1. The molecule has 0 aromatic heterocycles. The summed E-state index contributed by atoms with van der Waals surface area (Å²) in [5, 5.41) is 2.92. The van der Waals surface area contributed by atoms with E-state index in [0.717, 1.165) is 5.56 Å². The highest BCUT2D eigenvalue weighted by atomic mass is 32.2. The lowest BCUT2D eigenvalue weighted by atomic mass is 9.60. The van der Waals surface area contributed by atoms with Crippen LogP contribution >= 0.6 is 0 Å². The molecule has 2 spiro atoms. The van der Waals surface area contributed by atoms with E-state index >= 15 is 0 Å². The second-order valence-corrected chi connectivity index (χ2v) is 10.4. The molecule has 152 valence electrons. The van der Waals surface area contributed by atoms with Crippen LogP contribution < -0.4 is 5.32 Å². The number of nitrogens with zero attached hydrogens (tertiary/aromatic N) is 2. The molecule has 7 nitrogen and oxygen atoms in total. The second-order valence-electron chi connectivity index (χ2n) is 8.44. The number of hydrogen-bond donors (Lipinski definition) is 1. The topological polar surface area (TPSA) is 86.8 Å². The molecule has 1 atom stereocenters. The summed E-state index contributed by atoms with van der Waals surface area (Å²) in [5.74, 6) is 0.0617. The third-order valence-electron chi connectivity index (χ3n) is 6.95. The quantitative estimate of drug-likeness (QED) is 0.799. The zero-order valence-corrected chi connectivity index (χ0v) is 17.0. The van der Waals surface area contributed by atoms with Gasteiger partial charge in [-0.05, 0) is 24.8 Å². The number of nitrogens with one attached hydrogen (secondary N) is 1. The number of likely N-dealkylation sites (tertiary alicyclic amines) is 1. The average Bonchev–Trinajstić information content (AvgIpc) is 3.19. The van der Waals surface area contributed by atoms with Crippen molar-refractivity contribution in [2.75, 3.05) is 39.0 Å². The van der Waals surface area contributed by atoms with Gasteiger partial charge in [-0.2, -0.15) is 0 Å². The van der Waals surface area contributed by atoms with Crippen LogP contribution in [0.25, 0.3) is 0 Å². The van der Waals surface area contributed by atoms with E-state index in [9.17, 15) is 18.0 Å². The first-order valence-corrected chi connectivity index (χ1v) is 11.7. The maximum absolute atomic E-state index is 12.8. The second kappa shape index (κ2) is 6.84. The fourth-order valence-corrected chi connectivity index (χ4v) is 6.22. The molecule has 1 aromatic rings. The summed E-state index contributed by atoms with van der Waals surface area (Å²) in [5.41, 5.74) is -0.0614. The van der Waals surface area contributed by atoms with Gasteiger partial charge < -0.3 is 10.2 Å². The molecular weight excluding hydrogens is 378 g/mol. The largest absolute Gasteiger partial charge is 0.356 e. The van der Waals surface area contributed by atoms with Gasteiger partial charge in [0.1, 0.15) is 0 Å². The Kier molecular flexibility index (Phi) is 4.74. The van der Waals surface area contributed by atoms with Crippen LogP contribution in [0.3, 0.4) is 0 Å². The molecule has 3 heterocycles. The van der Waals surface area contributed by atoms with E-state index < -0.39 is 15.4 Å². The summed E-state index contributed by atoms with van der Waals surface area (Å²) in [6.45, 7) is 2.36. The maximum atomic E-state index is 12.8. The van der Waals surface area contributed by atoms with Crippen LogP contribution in [0.2, 0.25) is 0 Å². The minimum atomic E-state index is -3.36. The van der Waals surface area contributed by atoms with Crippen LogP contribution in [-0.2, 0) is 26.0 Å². The molecule has 1 aromatic carbocycles. The Hall–Kier alpha value is -1.93. The maximum Gasteiger partial charge on any atom is 0.228 e. The first-order chi connectivity index (χ1) is 13.3. The molecule has 2 amide bonds. The normalized spacial score (nSPS) is 27.5. The Balaban J connectivity index is 1.51. The number of carbonyl (C=O) groups is 2. The van der Waals surface area contributed by atoms with Gasteiger partial charge in [0.25, 0.3) is 0 Å². The van der Waals surface area contributed by atoms with Crippen molar-refractivity contribution in [1.29, 1.82) is 0 Å². The molecule has 0 aliphatic carbocycles. The summed E-state index contributed by atoms with van der Waals surface area (Å²) in [6, 6.07) is 9.67. The minimum absolute atomic E-state index is 0.0253. The minimum Gasteiger partial charge on any atom is -0.356 e. The highest BCUT2D eigenvalue weighted by Crippen LogP contribution is 2.56. The number of carbonyl (C=O) groups excluding carboxylic acids is 2. The Labute approximate surface area is 166 Å². The number of piperidine rings is 1. The Bertz CT molecular complexity index is 878. The van der Waals surface area contributed by atoms with Gasteiger partial charge in [-0.3, -0.25) is 9.59 Å². The summed E-state index contributed by atoms with van der Waals surface area (Å²) < 4.78 is 25.9. The summed E-state index contributed by atoms with van der Waals surface area (Å²) in [4.78, 5) is 27.4. The highest BCUT2D eigenvalue weighted by molar-refractivity contribution is 7.88. The number of hydrogen-bond acceptors (Lipinski definition) is 4. The molecular formula is C20H27N3O4S. The summed E-state index contributed by atoms with van der Waals surface area (Å²) >= 11 is 0. The van der Waals surface area contributed by atoms with Gasteiger partial charge in [0, 0.05) is 38.1 Å². The van der Waals surface area contributed by atoms with Crippen LogP contribution in [0.4, 0.5) is 0 Å². The fraction of sp³-hybridized carbons (Fsp3) is 0.600. The van der Waals surface area contributed by atoms with Crippen LogP contribution in [0, 0.1) is 10.8 Å². The van der Waals surface area contributed by atoms with Crippen LogP contribution in [0.15, 0.2) is 30.3 Å². The van der Waals surface area contributed by atoms with E-state index in [1.54, 1.807) is 0 Å². The molecule has 1 unspecified atom stereocenters. The van der Waals surface area contributed by atoms with Gasteiger partial charge in [0.2, 0.25) is 21.8 Å². The SMILES string of the molecule is CS(=O)(=O)N1CC2(CCN(C(=O)Cc3ccccc3)CC2)C2(CCNC2=O)C1. The molecule has 28 heavy (non-hydrogen) atoms. The highest BCUT2D eigenvalue weighted by Gasteiger charge is 2.65. The molecule has 8 heteroatoms. The average molecular weight is 406 g/mol. The molecule has 3 aliphatic heterocycles. The Morgan fingerprint density at radius 1 is 1.11 bits per heavy atom. The van der Waals surface area contributed by atoms with E-state index in [0.29, 0.717) is 51.9 Å². The Morgan fingerprint density at radius 3 is 2.36 bits per heavy atom. The molecule has 3 aliphatic rings. The van der Waals surface area contributed by atoms with Crippen molar-refractivity contribution in [3.8, 4) is 0 Å². The smallest absolute Gasteiger partial charge is 0.228 e. The lowest BCUT2D eigenvalue weighted by Gasteiger charge is -2.46. The van der Waals surface area contributed by atoms with Crippen molar-refractivity contribution in [2.24, 2.45) is 10.8 Å². The van der Waals surface area contributed by atoms with E-state index in [1.165, 1.54) is 10.6 Å². The third kappa shape index (κ3) is 3.12. The van der Waals surface area contributed by atoms with E-state index in [1.807, 2.05) is 35.2 Å². The van der Waals surface area contributed by atoms with Crippen molar-refractivity contribution >= 4 is 21.8 Å². The Morgan fingerprint density at radius 2 is 1.79 bits per heavy atom. The third-order valence-corrected chi connectivity index (χ3v) is 8.15.